The van der Waals surface area contributed by atoms with E-state index in [1.54, 1.807) is 19.2 Å². The molecule has 88 valence electrons. The van der Waals surface area contributed by atoms with Gasteiger partial charge >= 0.3 is 0 Å². The maximum atomic E-state index is 11.0. The van der Waals surface area contributed by atoms with Crippen molar-refractivity contribution in [2.24, 2.45) is 0 Å². The van der Waals surface area contributed by atoms with Gasteiger partial charge < -0.3 is 10.6 Å². The first kappa shape index (κ1) is 13.6. The van der Waals surface area contributed by atoms with Gasteiger partial charge in [-0.15, -0.1) is 0 Å². The van der Waals surface area contributed by atoms with Crippen molar-refractivity contribution in [1.29, 1.82) is 0 Å². The van der Waals surface area contributed by atoms with E-state index in [4.69, 9.17) is 34.8 Å². The molecule has 0 atom stereocenters. The van der Waals surface area contributed by atoms with E-state index in [1.165, 1.54) is 0 Å². The van der Waals surface area contributed by atoms with E-state index in [9.17, 15) is 4.79 Å². The number of hydrogen-bond donors (Lipinski definition) is 2. The summed E-state index contributed by atoms with van der Waals surface area (Å²) in [6.07, 6.45) is 0. The number of nitrogens with one attached hydrogen (secondary N) is 2. The first-order valence-electron chi connectivity index (χ1n) is 4.60. The van der Waals surface area contributed by atoms with Gasteiger partial charge in [-0.05, 0) is 12.1 Å². The zero-order valence-corrected chi connectivity index (χ0v) is 10.9. The molecule has 0 aliphatic carbocycles. The summed E-state index contributed by atoms with van der Waals surface area (Å²) in [5.41, 5.74) is 0.694. The van der Waals surface area contributed by atoms with Crippen molar-refractivity contribution in [3.05, 3.63) is 32.8 Å². The monoisotopic (exact) mass is 280 g/mol. The molecule has 16 heavy (non-hydrogen) atoms. The van der Waals surface area contributed by atoms with Crippen molar-refractivity contribution in [1.82, 2.24) is 10.6 Å². The van der Waals surface area contributed by atoms with Gasteiger partial charge in [0, 0.05) is 24.2 Å². The quantitative estimate of drug-likeness (QED) is 0.833. The van der Waals surface area contributed by atoms with Crippen LogP contribution >= 0.6 is 34.8 Å². The van der Waals surface area contributed by atoms with Crippen LogP contribution in [0.3, 0.4) is 0 Å². The molecular weight excluding hydrogens is 270 g/mol. The maximum absolute atomic E-state index is 11.0. The van der Waals surface area contributed by atoms with E-state index in [2.05, 4.69) is 10.6 Å². The van der Waals surface area contributed by atoms with Crippen LogP contribution in [0.2, 0.25) is 15.1 Å². The number of carbonyl (C=O) groups excluding carboxylic acids is 1. The smallest absolute Gasteiger partial charge is 0.233 e. The molecule has 0 aliphatic rings. The molecule has 1 aromatic rings. The third-order valence-corrected chi connectivity index (χ3v) is 3.20. The summed E-state index contributed by atoms with van der Waals surface area (Å²) in [6.45, 7) is 0.599. The summed E-state index contributed by atoms with van der Waals surface area (Å²) >= 11 is 17.8. The molecule has 1 aromatic carbocycles. The predicted molar refractivity (Wildman–Crippen MR) is 67.2 cm³/mol. The van der Waals surface area contributed by atoms with Crippen molar-refractivity contribution in [2.75, 3.05) is 13.6 Å². The number of hydrogen-bond acceptors (Lipinski definition) is 2. The Morgan fingerprint density at radius 3 is 2.50 bits per heavy atom. The molecule has 0 radical (unpaired) electrons. The summed E-state index contributed by atoms with van der Waals surface area (Å²) in [5.74, 6) is -0.103. The molecule has 0 fully saturated rings. The molecule has 0 heterocycles. The minimum atomic E-state index is -0.103. The zero-order valence-electron chi connectivity index (χ0n) is 8.61. The summed E-state index contributed by atoms with van der Waals surface area (Å²) in [5, 5.41) is 6.81. The highest BCUT2D eigenvalue weighted by Gasteiger charge is 2.09. The molecule has 0 aliphatic heterocycles. The summed E-state index contributed by atoms with van der Waals surface area (Å²) in [6, 6.07) is 3.31. The average Bonchev–Trinajstić information content (AvgIpc) is 2.28. The number of likely N-dealkylation sites (N-methyl/N-ethyl adjacent to an activating group) is 1. The Balaban J connectivity index is 2.67. The molecule has 0 unspecified atom stereocenters. The van der Waals surface area contributed by atoms with E-state index in [-0.39, 0.29) is 12.5 Å². The fourth-order valence-corrected chi connectivity index (χ4v) is 1.80. The van der Waals surface area contributed by atoms with E-state index in [0.29, 0.717) is 27.2 Å². The highest BCUT2D eigenvalue weighted by atomic mass is 35.5. The van der Waals surface area contributed by atoms with Gasteiger partial charge in [0.2, 0.25) is 5.91 Å². The second-order valence-corrected chi connectivity index (χ2v) is 4.29. The van der Waals surface area contributed by atoms with Crippen molar-refractivity contribution in [3.8, 4) is 0 Å². The van der Waals surface area contributed by atoms with Crippen molar-refractivity contribution in [3.63, 3.8) is 0 Å². The number of amides is 1. The molecule has 1 rings (SSSR count). The molecule has 0 aromatic heterocycles. The minimum Gasteiger partial charge on any atom is -0.358 e. The van der Waals surface area contributed by atoms with Crippen LogP contribution in [0.15, 0.2) is 12.1 Å². The van der Waals surface area contributed by atoms with Crippen molar-refractivity contribution in [2.45, 2.75) is 6.54 Å². The van der Waals surface area contributed by atoms with Crippen LogP contribution in [0.5, 0.6) is 0 Å². The van der Waals surface area contributed by atoms with Gasteiger partial charge in [0.25, 0.3) is 0 Å². The van der Waals surface area contributed by atoms with Crippen LogP contribution in [0.4, 0.5) is 0 Å². The van der Waals surface area contributed by atoms with Crippen molar-refractivity contribution >= 4 is 40.7 Å². The van der Waals surface area contributed by atoms with Crippen LogP contribution in [0.25, 0.3) is 0 Å². The molecule has 3 nitrogen and oxygen atoms in total. The zero-order chi connectivity index (χ0) is 12.1. The average molecular weight is 282 g/mol. The second kappa shape index (κ2) is 6.30. The van der Waals surface area contributed by atoms with Gasteiger partial charge in [-0.2, -0.15) is 0 Å². The Labute approximate surface area is 109 Å². The maximum Gasteiger partial charge on any atom is 0.233 e. The van der Waals surface area contributed by atoms with E-state index in [0.717, 1.165) is 0 Å². The van der Waals surface area contributed by atoms with Gasteiger partial charge in [0.1, 0.15) is 0 Å². The SMILES string of the molecule is CNC(=O)CNCc1c(Cl)ccc(Cl)c1Cl. The van der Waals surface area contributed by atoms with E-state index < -0.39 is 0 Å². The molecule has 0 bridgehead atoms. The van der Waals surface area contributed by atoms with Gasteiger partial charge in [-0.25, -0.2) is 0 Å². The Morgan fingerprint density at radius 1 is 1.25 bits per heavy atom. The van der Waals surface area contributed by atoms with Crippen LogP contribution in [-0.2, 0) is 11.3 Å². The molecular formula is C10H11Cl3N2O. The van der Waals surface area contributed by atoms with Crippen LogP contribution in [0, 0.1) is 0 Å². The summed E-state index contributed by atoms with van der Waals surface area (Å²) in [4.78, 5) is 11.0. The molecule has 2 N–H and O–H groups in total. The number of halogens is 3. The Morgan fingerprint density at radius 2 is 1.88 bits per heavy atom. The van der Waals surface area contributed by atoms with Crippen LogP contribution in [0.1, 0.15) is 5.56 Å². The van der Waals surface area contributed by atoms with Gasteiger partial charge in [0.15, 0.2) is 0 Å². The first-order chi connectivity index (χ1) is 7.56. The molecule has 6 heteroatoms. The summed E-state index contributed by atoms with van der Waals surface area (Å²) < 4.78 is 0. The molecule has 0 spiro atoms. The van der Waals surface area contributed by atoms with Crippen molar-refractivity contribution < 1.29 is 4.79 Å². The van der Waals surface area contributed by atoms with Crippen LogP contribution < -0.4 is 10.6 Å². The molecule has 0 saturated carbocycles. The highest BCUT2D eigenvalue weighted by Crippen LogP contribution is 2.31. The van der Waals surface area contributed by atoms with Gasteiger partial charge in [-0.3, -0.25) is 4.79 Å². The van der Waals surface area contributed by atoms with E-state index in [1.807, 2.05) is 0 Å². The largest absolute Gasteiger partial charge is 0.358 e. The minimum absolute atomic E-state index is 0.103. The normalized spacial score (nSPS) is 10.2. The highest BCUT2D eigenvalue weighted by molar-refractivity contribution is 6.44. The summed E-state index contributed by atoms with van der Waals surface area (Å²) in [7, 11) is 1.57. The topological polar surface area (TPSA) is 41.1 Å². The van der Waals surface area contributed by atoms with Gasteiger partial charge in [-0.1, -0.05) is 34.8 Å². The third-order valence-electron chi connectivity index (χ3n) is 2.01. The Kier molecular flexibility index (Phi) is 5.35. The fraction of sp³-hybridized carbons (Fsp3) is 0.300. The predicted octanol–water partition coefficient (Wildman–Crippen LogP) is 2.48. The fourth-order valence-electron chi connectivity index (χ4n) is 1.12. The number of rotatable bonds is 4. The lowest BCUT2D eigenvalue weighted by Gasteiger charge is -2.09. The molecule has 0 saturated heterocycles. The molecule has 1 amide bonds. The number of carbonyl (C=O) groups is 1. The Bertz CT molecular complexity index is 396. The Hall–Kier alpha value is -0.480. The van der Waals surface area contributed by atoms with Gasteiger partial charge in [0.05, 0.1) is 16.6 Å². The van der Waals surface area contributed by atoms with Crippen LogP contribution in [-0.4, -0.2) is 19.5 Å². The third kappa shape index (κ3) is 3.52. The lowest BCUT2D eigenvalue weighted by molar-refractivity contribution is -0.119. The number of benzene rings is 1. The van der Waals surface area contributed by atoms with E-state index >= 15 is 0 Å². The second-order valence-electron chi connectivity index (χ2n) is 3.10. The lowest BCUT2D eigenvalue weighted by Crippen LogP contribution is -2.31. The first-order valence-corrected chi connectivity index (χ1v) is 5.73. The lowest BCUT2D eigenvalue weighted by atomic mass is 10.2. The standard InChI is InChI=1S/C10H11Cl3N2O/c1-14-9(16)5-15-4-6-7(11)2-3-8(12)10(6)13/h2-3,15H,4-5H2,1H3,(H,14,16).